The van der Waals surface area contributed by atoms with Gasteiger partial charge in [-0.3, -0.25) is 4.79 Å². The SMILES string of the molecule is Cc1ccccc1C(=O)N1CCc2noc(CN)c2C1. The Morgan fingerprint density at radius 3 is 3.00 bits per heavy atom. The zero-order valence-corrected chi connectivity index (χ0v) is 11.4. The van der Waals surface area contributed by atoms with E-state index in [1.54, 1.807) is 0 Å². The van der Waals surface area contributed by atoms with E-state index in [1.165, 1.54) is 0 Å². The monoisotopic (exact) mass is 271 g/mol. The summed E-state index contributed by atoms with van der Waals surface area (Å²) >= 11 is 0. The molecule has 0 aliphatic carbocycles. The fourth-order valence-electron chi connectivity index (χ4n) is 2.59. The normalized spacial score (nSPS) is 14.2. The molecule has 1 aromatic carbocycles. The second-order valence-corrected chi connectivity index (χ2v) is 5.03. The maximum atomic E-state index is 12.6. The first-order chi connectivity index (χ1) is 9.70. The quantitative estimate of drug-likeness (QED) is 0.901. The fraction of sp³-hybridized carbons (Fsp3) is 0.333. The zero-order chi connectivity index (χ0) is 14.1. The van der Waals surface area contributed by atoms with E-state index >= 15 is 0 Å². The van der Waals surface area contributed by atoms with Crippen LogP contribution in [0.4, 0.5) is 0 Å². The predicted molar refractivity (Wildman–Crippen MR) is 74.0 cm³/mol. The van der Waals surface area contributed by atoms with Gasteiger partial charge in [-0.15, -0.1) is 0 Å². The van der Waals surface area contributed by atoms with E-state index in [0.717, 1.165) is 28.8 Å². The zero-order valence-electron chi connectivity index (χ0n) is 11.4. The van der Waals surface area contributed by atoms with Gasteiger partial charge in [-0.05, 0) is 18.6 Å². The third-order valence-corrected chi connectivity index (χ3v) is 3.77. The number of nitrogens with zero attached hydrogens (tertiary/aromatic N) is 2. The summed E-state index contributed by atoms with van der Waals surface area (Å²) in [6.07, 6.45) is 0.719. The molecule has 0 radical (unpaired) electrons. The number of fused-ring (bicyclic) bond motifs is 1. The maximum Gasteiger partial charge on any atom is 0.254 e. The van der Waals surface area contributed by atoms with Crippen LogP contribution >= 0.6 is 0 Å². The smallest absolute Gasteiger partial charge is 0.254 e. The van der Waals surface area contributed by atoms with E-state index < -0.39 is 0 Å². The molecule has 1 aliphatic rings. The van der Waals surface area contributed by atoms with Crippen LogP contribution in [0.5, 0.6) is 0 Å². The average Bonchev–Trinajstić information content (AvgIpc) is 2.89. The number of rotatable bonds is 2. The summed E-state index contributed by atoms with van der Waals surface area (Å²) < 4.78 is 5.21. The average molecular weight is 271 g/mol. The van der Waals surface area contributed by atoms with E-state index in [4.69, 9.17) is 10.3 Å². The number of amides is 1. The lowest BCUT2D eigenvalue weighted by Crippen LogP contribution is -2.36. The Balaban J connectivity index is 1.87. The summed E-state index contributed by atoms with van der Waals surface area (Å²) in [7, 11) is 0. The standard InChI is InChI=1S/C15H17N3O2/c1-10-4-2-3-5-11(10)15(19)18-7-6-13-12(9-18)14(8-16)20-17-13/h2-5H,6-9,16H2,1H3. The van der Waals surface area contributed by atoms with Crippen LogP contribution in [0.2, 0.25) is 0 Å². The molecule has 2 heterocycles. The molecule has 0 fully saturated rings. The second-order valence-electron chi connectivity index (χ2n) is 5.03. The number of carbonyl (C=O) groups is 1. The van der Waals surface area contributed by atoms with Crippen LogP contribution in [0.25, 0.3) is 0 Å². The van der Waals surface area contributed by atoms with Crippen molar-refractivity contribution in [2.45, 2.75) is 26.4 Å². The number of hydrogen-bond acceptors (Lipinski definition) is 4. The van der Waals surface area contributed by atoms with Gasteiger partial charge >= 0.3 is 0 Å². The second kappa shape index (κ2) is 5.09. The van der Waals surface area contributed by atoms with E-state index in [1.807, 2.05) is 36.1 Å². The first-order valence-electron chi connectivity index (χ1n) is 6.72. The largest absolute Gasteiger partial charge is 0.359 e. The number of aryl methyl sites for hydroxylation is 1. The van der Waals surface area contributed by atoms with Crippen molar-refractivity contribution in [2.75, 3.05) is 6.54 Å². The summed E-state index contributed by atoms with van der Waals surface area (Å²) in [5.41, 5.74) is 9.29. The Morgan fingerprint density at radius 1 is 1.45 bits per heavy atom. The van der Waals surface area contributed by atoms with Gasteiger partial charge in [0.1, 0.15) is 0 Å². The molecular formula is C15H17N3O2. The summed E-state index contributed by atoms with van der Waals surface area (Å²) in [6.45, 7) is 3.46. The van der Waals surface area contributed by atoms with Crippen LogP contribution in [-0.4, -0.2) is 22.5 Å². The molecule has 0 unspecified atom stereocenters. The summed E-state index contributed by atoms with van der Waals surface area (Å²) in [5, 5.41) is 4.02. The Hall–Kier alpha value is -2.14. The van der Waals surface area contributed by atoms with Crippen LogP contribution in [0.3, 0.4) is 0 Å². The van der Waals surface area contributed by atoms with E-state index in [0.29, 0.717) is 25.4 Å². The van der Waals surface area contributed by atoms with Gasteiger partial charge in [-0.25, -0.2) is 0 Å². The maximum absolute atomic E-state index is 12.6. The van der Waals surface area contributed by atoms with Crippen molar-refractivity contribution in [1.29, 1.82) is 0 Å². The third-order valence-electron chi connectivity index (χ3n) is 3.77. The molecule has 5 heteroatoms. The number of benzene rings is 1. The number of nitrogens with two attached hydrogens (primary N) is 1. The highest BCUT2D eigenvalue weighted by Crippen LogP contribution is 2.23. The summed E-state index contributed by atoms with van der Waals surface area (Å²) in [5.74, 6) is 0.736. The van der Waals surface area contributed by atoms with E-state index in [-0.39, 0.29) is 5.91 Å². The van der Waals surface area contributed by atoms with Crippen LogP contribution in [0.15, 0.2) is 28.8 Å². The van der Waals surface area contributed by atoms with Crippen LogP contribution in [0.1, 0.15) is 32.9 Å². The first-order valence-corrected chi connectivity index (χ1v) is 6.72. The Labute approximate surface area is 117 Å². The van der Waals surface area contributed by atoms with Crippen LogP contribution in [0, 0.1) is 6.92 Å². The Bertz CT molecular complexity index is 635. The summed E-state index contributed by atoms with van der Waals surface area (Å²) in [4.78, 5) is 14.4. The van der Waals surface area contributed by atoms with Crippen molar-refractivity contribution in [2.24, 2.45) is 5.73 Å². The molecule has 5 nitrogen and oxygen atoms in total. The number of carbonyl (C=O) groups excluding carboxylic acids is 1. The molecule has 3 rings (SSSR count). The van der Waals surface area contributed by atoms with Gasteiger partial charge in [0.25, 0.3) is 5.91 Å². The number of hydrogen-bond donors (Lipinski definition) is 1. The van der Waals surface area contributed by atoms with Gasteiger partial charge in [0.05, 0.1) is 18.8 Å². The van der Waals surface area contributed by atoms with Crippen molar-refractivity contribution >= 4 is 5.91 Å². The van der Waals surface area contributed by atoms with Crippen molar-refractivity contribution in [3.63, 3.8) is 0 Å². The Morgan fingerprint density at radius 2 is 2.25 bits per heavy atom. The molecular weight excluding hydrogens is 254 g/mol. The molecule has 2 aromatic rings. The predicted octanol–water partition coefficient (Wildman–Crippen LogP) is 1.64. The molecule has 20 heavy (non-hydrogen) atoms. The molecule has 1 aliphatic heterocycles. The molecule has 1 amide bonds. The topological polar surface area (TPSA) is 72.4 Å². The molecule has 104 valence electrons. The highest BCUT2D eigenvalue weighted by molar-refractivity contribution is 5.95. The van der Waals surface area contributed by atoms with E-state index in [9.17, 15) is 4.79 Å². The number of aromatic nitrogens is 1. The fourth-order valence-corrected chi connectivity index (χ4v) is 2.59. The van der Waals surface area contributed by atoms with Crippen molar-refractivity contribution < 1.29 is 9.32 Å². The van der Waals surface area contributed by atoms with Crippen LogP contribution in [-0.2, 0) is 19.5 Å². The summed E-state index contributed by atoms with van der Waals surface area (Å²) in [6, 6.07) is 7.64. The highest BCUT2D eigenvalue weighted by atomic mass is 16.5. The highest BCUT2D eigenvalue weighted by Gasteiger charge is 2.27. The van der Waals surface area contributed by atoms with Gasteiger partial charge < -0.3 is 15.2 Å². The third kappa shape index (κ3) is 2.10. The molecule has 1 aromatic heterocycles. The lowest BCUT2D eigenvalue weighted by Gasteiger charge is -2.27. The molecule has 0 spiro atoms. The van der Waals surface area contributed by atoms with Crippen molar-refractivity contribution in [3.05, 3.63) is 52.4 Å². The molecule has 0 bridgehead atoms. The van der Waals surface area contributed by atoms with E-state index in [2.05, 4.69) is 5.16 Å². The van der Waals surface area contributed by atoms with Gasteiger partial charge in [0, 0.05) is 24.1 Å². The molecule has 0 atom stereocenters. The molecule has 2 N–H and O–H groups in total. The lowest BCUT2D eigenvalue weighted by atomic mass is 10.0. The Kier molecular flexibility index (Phi) is 3.28. The minimum Gasteiger partial charge on any atom is -0.359 e. The molecule has 0 saturated carbocycles. The van der Waals surface area contributed by atoms with Gasteiger partial charge in [-0.1, -0.05) is 23.4 Å². The minimum atomic E-state index is 0.0536. The van der Waals surface area contributed by atoms with Gasteiger partial charge in [0.15, 0.2) is 5.76 Å². The van der Waals surface area contributed by atoms with Gasteiger partial charge in [-0.2, -0.15) is 0 Å². The lowest BCUT2D eigenvalue weighted by molar-refractivity contribution is 0.0733. The van der Waals surface area contributed by atoms with Crippen molar-refractivity contribution in [1.82, 2.24) is 10.1 Å². The van der Waals surface area contributed by atoms with Gasteiger partial charge in [0.2, 0.25) is 0 Å². The molecule has 0 saturated heterocycles. The van der Waals surface area contributed by atoms with Crippen LogP contribution < -0.4 is 5.73 Å². The first kappa shape index (κ1) is 12.9. The van der Waals surface area contributed by atoms with Crippen molar-refractivity contribution in [3.8, 4) is 0 Å². The minimum absolute atomic E-state index is 0.0536.